The van der Waals surface area contributed by atoms with Crippen molar-refractivity contribution in [2.24, 2.45) is 0 Å². The summed E-state index contributed by atoms with van der Waals surface area (Å²) in [5.41, 5.74) is 3.72. The highest BCUT2D eigenvalue weighted by atomic mass is 35.5. The number of nitrogens with one attached hydrogen (secondary N) is 1. The monoisotopic (exact) mass is 398 g/mol. The molecule has 0 saturated carbocycles. The van der Waals surface area contributed by atoms with Gasteiger partial charge >= 0.3 is 0 Å². The Morgan fingerprint density at radius 3 is 2.21 bits per heavy atom. The summed E-state index contributed by atoms with van der Waals surface area (Å²) in [6.07, 6.45) is 1.52. The van der Waals surface area contributed by atoms with Crippen LogP contribution < -0.4 is 0 Å². The molecule has 0 bridgehead atoms. The Morgan fingerprint density at radius 2 is 1.54 bits per heavy atom. The van der Waals surface area contributed by atoms with Gasteiger partial charge in [0.2, 0.25) is 0 Å². The zero-order valence-electron chi connectivity index (χ0n) is 12.8. The molecule has 0 amide bonds. The summed E-state index contributed by atoms with van der Waals surface area (Å²) in [6, 6.07) is 11.0. The van der Waals surface area contributed by atoms with E-state index in [0.717, 1.165) is 41.2 Å². The first kappa shape index (κ1) is 17.6. The summed E-state index contributed by atoms with van der Waals surface area (Å²) in [4.78, 5) is 7.99. The molecular weight excluding hydrogens is 386 g/mol. The third-order valence-corrected chi connectivity index (χ3v) is 4.90. The van der Waals surface area contributed by atoms with Gasteiger partial charge in [-0.2, -0.15) is 0 Å². The van der Waals surface area contributed by atoms with Gasteiger partial charge in [-0.25, -0.2) is 4.98 Å². The van der Waals surface area contributed by atoms with Gasteiger partial charge in [0, 0.05) is 32.7 Å². The van der Waals surface area contributed by atoms with Crippen molar-refractivity contribution in [2.45, 2.75) is 19.8 Å². The van der Waals surface area contributed by atoms with E-state index in [9.17, 15) is 0 Å². The molecule has 0 radical (unpaired) electrons. The van der Waals surface area contributed by atoms with Crippen molar-refractivity contribution in [2.75, 3.05) is 0 Å². The molecule has 3 rings (SSSR count). The number of imidazole rings is 1. The molecule has 124 valence electrons. The standard InChI is InChI=1S/C18H14Cl4N2/c1-10-18(14-6-5-13(20)9-16(14)22)24-17(23-10)7-3-11-2-4-12(19)8-15(11)21/h2,4-6,8-9H,3,7H2,1H3,(H,23,24). The van der Waals surface area contributed by atoms with E-state index in [4.69, 9.17) is 46.4 Å². The van der Waals surface area contributed by atoms with Gasteiger partial charge in [-0.15, -0.1) is 0 Å². The number of aromatic nitrogens is 2. The maximum atomic E-state index is 6.29. The molecule has 1 heterocycles. The minimum absolute atomic E-state index is 0.587. The summed E-state index contributed by atoms with van der Waals surface area (Å²) >= 11 is 24.4. The van der Waals surface area contributed by atoms with Crippen LogP contribution in [0.2, 0.25) is 20.1 Å². The van der Waals surface area contributed by atoms with Gasteiger partial charge in [-0.3, -0.25) is 0 Å². The summed E-state index contributed by atoms with van der Waals surface area (Å²) in [5, 5.41) is 2.50. The number of halogens is 4. The van der Waals surface area contributed by atoms with E-state index in [1.165, 1.54) is 0 Å². The topological polar surface area (TPSA) is 28.7 Å². The van der Waals surface area contributed by atoms with Crippen LogP contribution in [-0.2, 0) is 12.8 Å². The number of nitrogens with zero attached hydrogens (tertiary/aromatic N) is 1. The fourth-order valence-electron chi connectivity index (χ4n) is 2.56. The number of H-pyrrole nitrogens is 1. The van der Waals surface area contributed by atoms with Crippen molar-refractivity contribution in [3.05, 3.63) is 73.6 Å². The average Bonchev–Trinajstić information content (AvgIpc) is 2.87. The lowest BCUT2D eigenvalue weighted by atomic mass is 10.1. The second-order valence-corrected chi connectivity index (χ2v) is 7.20. The minimum Gasteiger partial charge on any atom is -0.346 e. The van der Waals surface area contributed by atoms with Crippen molar-refractivity contribution < 1.29 is 0 Å². The van der Waals surface area contributed by atoms with Crippen LogP contribution in [0, 0.1) is 6.92 Å². The Labute approximate surface area is 160 Å². The molecule has 0 saturated heterocycles. The Balaban J connectivity index is 1.81. The van der Waals surface area contributed by atoms with Gasteiger partial charge in [-0.05, 0) is 49.2 Å². The van der Waals surface area contributed by atoms with Crippen LogP contribution in [0.3, 0.4) is 0 Å². The summed E-state index contributed by atoms with van der Waals surface area (Å²) in [7, 11) is 0. The van der Waals surface area contributed by atoms with E-state index in [1.54, 1.807) is 12.1 Å². The Bertz CT molecular complexity index is 887. The molecule has 0 aliphatic carbocycles. The highest BCUT2D eigenvalue weighted by molar-refractivity contribution is 6.36. The average molecular weight is 400 g/mol. The van der Waals surface area contributed by atoms with E-state index in [1.807, 2.05) is 31.2 Å². The predicted octanol–water partition coefficient (Wildman–Crippen LogP) is 6.78. The number of rotatable bonds is 4. The molecule has 0 aliphatic heterocycles. The molecule has 2 nitrogen and oxygen atoms in total. The molecule has 0 fully saturated rings. The Kier molecular flexibility index (Phi) is 5.41. The van der Waals surface area contributed by atoms with E-state index in [0.29, 0.717) is 20.1 Å². The predicted molar refractivity (Wildman–Crippen MR) is 103 cm³/mol. The number of aryl methyl sites for hydroxylation is 3. The second-order valence-electron chi connectivity index (χ2n) is 5.52. The molecular formula is C18H14Cl4N2. The van der Waals surface area contributed by atoms with Crippen molar-refractivity contribution >= 4 is 46.4 Å². The number of benzene rings is 2. The molecule has 1 N–H and O–H groups in total. The summed E-state index contributed by atoms with van der Waals surface area (Å²) in [6.45, 7) is 1.98. The smallest absolute Gasteiger partial charge is 0.107 e. The van der Waals surface area contributed by atoms with Crippen molar-refractivity contribution in [1.29, 1.82) is 0 Å². The van der Waals surface area contributed by atoms with Crippen molar-refractivity contribution in [3.63, 3.8) is 0 Å². The Morgan fingerprint density at radius 1 is 0.875 bits per heavy atom. The lowest BCUT2D eigenvalue weighted by Crippen LogP contribution is -1.94. The van der Waals surface area contributed by atoms with Crippen LogP contribution in [0.5, 0.6) is 0 Å². The minimum atomic E-state index is 0.587. The highest BCUT2D eigenvalue weighted by Gasteiger charge is 2.13. The zero-order chi connectivity index (χ0) is 17.3. The molecule has 0 spiro atoms. The number of aromatic amines is 1. The van der Waals surface area contributed by atoms with Crippen LogP contribution in [0.25, 0.3) is 11.3 Å². The second kappa shape index (κ2) is 7.37. The van der Waals surface area contributed by atoms with Gasteiger partial charge in [0.15, 0.2) is 0 Å². The normalized spacial score (nSPS) is 11.0. The lowest BCUT2D eigenvalue weighted by Gasteiger charge is -2.03. The van der Waals surface area contributed by atoms with E-state index < -0.39 is 0 Å². The van der Waals surface area contributed by atoms with Gasteiger partial charge in [0.1, 0.15) is 5.82 Å². The quantitative estimate of drug-likeness (QED) is 0.514. The van der Waals surface area contributed by atoms with Gasteiger partial charge in [0.25, 0.3) is 0 Å². The zero-order valence-corrected chi connectivity index (χ0v) is 15.9. The Hall–Kier alpha value is -1.19. The van der Waals surface area contributed by atoms with Gasteiger partial charge in [-0.1, -0.05) is 52.5 Å². The molecule has 0 unspecified atom stereocenters. The molecule has 24 heavy (non-hydrogen) atoms. The van der Waals surface area contributed by atoms with Crippen LogP contribution in [0.1, 0.15) is 17.1 Å². The third kappa shape index (κ3) is 3.89. The van der Waals surface area contributed by atoms with Crippen LogP contribution >= 0.6 is 46.4 Å². The first-order valence-corrected chi connectivity index (χ1v) is 8.90. The van der Waals surface area contributed by atoms with Crippen LogP contribution in [0.15, 0.2) is 36.4 Å². The van der Waals surface area contributed by atoms with Crippen LogP contribution in [-0.4, -0.2) is 9.97 Å². The van der Waals surface area contributed by atoms with E-state index in [2.05, 4.69) is 9.97 Å². The number of hydrogen-bond acceptors (Lipinski definition) is 1. The maximum Gasteiger partial charge on any atom is 0.107 e. The van der Waals surface area contributed by atoms with Crippen molar-refractivity contribution in [3.8, 4) is 11.3 Å². The molecule has 6 heteroatoms. The number of hydrogen-bond donors (Lipinski definition) is 1. The fourth-order valence-corrected chi connectivity index (χ4v) is 3.56. The first-order valence-electron chi connectivity index (χ1n) is 7.39. The van der Waals surface area contributed by atoms with Crippen LogP contribution in [0.4, 0.5) is 0 Å². The summed E-state index contributed by atoms with van der Waals surface area (Å²) < 4.78 is 0. The molecule has 1 aromatic heterocycles. The molecule has 2 aromatic carbocycles. The first-order chi connectivity index (χ1) is 11.4. The molecule has 0 atom stereocenters. The maximum absolute atomic E-state index is 6.29. The molecule has 0 aliphatic rings. The van der Waals surface area contributed by atoms with Gasteiger partial charge in [0.05, 0.1) is 10.7 Å². The fraction of sp³-hybridized carbons (Fsp3) is 0.167. The molecule has 3 aromatic rings. The van der Waals surface area contributed by atoms with E-state index in [-0.39, 0.29) is 0 Å². The SMILES string of the molecule is Cc1[nH]c(CCc2ccc(Cl)cc2Cl)nc1-c1ccc(Cl)cc1Cl. The third-order valence-electron chi connectivity index (χ3n) is 3.77. The van der Waals surface area contributed by atoms with E-state index >= 15 is 0 Å². The van der Waals surface area contributed by atoms with Gasteiger partial charge < -0.3 is 4.98 Å². The largest absolute Gasteiger partial charge is 0.346 e. The van der Waals surface area contributed by atoms with Crippen molar-refractivity contribution in [1.82, 2.24) is 9.97 Å². The summed E-state index contributed by atoms with van der Waals surface area (Å²) in [5.74, 6) is 0.888. The highest BCUT2D eigenvalue weighted by Crippen LogP contribution is 2.31. The lowest BCUT2D eigenvalue weighted by molar-refractivity contribution is 0.881.